The van der Waals surface area contributed by atoms with Crippen molar-refractivity contribution < 1.29 is 0 Å². The zero-order valence-corrected chi connectivity index (χ0v) is 30.2. The summed E-state index contributed by atoms with van der Waals surface area (Å²) in [4.78, 5) is 31.0. The Morgan fingerprint density at radius 1 is 0.196 bits per heavy atom. The van der Waals surface area contributed by atoms with Gasteiger partial charge in [-0.3, -0.25) is 0 Å². The van der Waals surface area contributed by atoms with Crippen molar-refractivity contribution in [1.82, 2.24) is 29.9 Å². The number of fused-ring (bicyclic) bond motifs is 2. The van der Waals surface area contributed by atoms with Gasteiger partial charge in [0.15, 0.2) is 34.9 Å². The molecule has 2 heterocycles. The highest BCUT2D eigenvalue weighted by atomic mass is 15.0. The molecule has 0 aliphatic carbocycles. The van der Waals surface area contributed by atoms with E-state index in [0.29, 0.717) is 34.9 Å². The Labute approximate surface area is 324 Å². The molecular formula is C50H32N6. The predicted octanol–water partition coefficient (Wildman–Crippen LogP) is 12.0. The van der Waals surface area contributed by atoms with Crippen molar-refractivity contribution in [2.24, 2.45) is 0 Å². The Kier molecular flexibility index (Phi) is 8.39. The molecular weight excluding hydrogens is 685 g/mol. The number of hydrogen-bond acceptors (Lipinski definition) is 6. The van der Waals surface area contributed by atoms with Crippen LogP contribution in [-0.4, -0.2) is 29.9 Å². The van der Waals surface area contributed by atoms with E-state index < -0.39 is 0 Å². The van der Waals surface area contributed by atoms with Crippen LogP contribution in [0.1, 0.15) is 0 Å². The number of benzene rings is 8. The summed E-state index contributed by atoms with van der Waals surface area (Å²) in [5.41, 5.74) is 7.66. The van der Waals surface area contributed by atoms with Gasteiger partial charge >= 0.3 is 0 Å². The number of rotatable bonds is 7. The second-order valence-corrected chi connectivity index (χ2v) is 13.5. The number of hydrogen-bond donors (Lipinski definition) is 0. The summed E-state index contributed by atoms with van der Waals surface area (Å²) < 4.78 is 0. The summed E-state index contributed by atoms with van der Waals surface area (Å²) in [6.45, 7) is 0. The van der Waals surface area contributed by atoms with Crippen LogP contribution < -0.4 is 0 Å². The van der Waals surface area contributed by atoms with Crippen LogP contribution in [0.5, 0.6) is 0 Å². The largest absolute Gasteiger partial charge is 0.208 e. The van der Waals surface area contributed by atoms with E-state index in [9.17, 15) is 0 Å². The molecule has 0 saturated heterocycles. The van der Waals surface area contributed by atoms with Crippen LogP contribution in [0.3, 0.4) is 0 Å². The van der Waals surface area contributed by atoms with Crippen molar-refractivity contribution in [1.29, 1.82) is 0 Å². The van der Waals surface area contributed by atoms with Crippen LogP contribution in [0, 0.1) is 0 Å². The SMILES string of the molecule is c1ccc(-c2ccc3c(-c4nc(-c5ccccc5)nc(-c5ccccc5)n4)c4ccccc4c(-c4nc(-c5ccccc5)nc(-c5ccccc5)n4)c3c2)cc1. The van der Waals surface area contributed by atoms with Gasteiger partial charge < -0.3 is 0 Å². The van der Waals surface area contributed by atoms with Crippen LogP contribution in [0.25, 0.3) is 101 Å². The van der Waals surface area contributed by atoms with Gasteiger partial charge in [0.25, 0.3) is 0 Å². The summed E-state index contributed by atoms with van der Waals surface area (Å²) in [5.74, 6) is 3.59. The molecule has 0 saturated carbocycles. The molecule has 6 heteroatoms. The minimum atomic E-state index is 0.585. The third-order valence-corrected chi connectivity index (χ3v) is 9.98. The summed E-state index contributed by atoms with van der Waals surface area (Å²) in [7, 11) is 0. The van der Waals surface area contributed by atoms with Crippen molar-refractivity contribution in [3.05, 3.63) is 194 Å². The van der Waals surface area contributed by atoms with Gasteiger partial charge in [-0.15, -0.1) is 0 Å². The molecule has 2 aromatic heterocycles. The maximum absolute atomic E-state index is 5.25. The van der Waals surface area contributed by atoms with Gasteiger partial charge in [0.2, 0.25) is 0 Å². The average molecular weight is 717 g/mol. The molecule has 0 bridgehead atoms. The van der Waals surface area contributed by atoms with Gasteiger partial charge in [-0.1, -0.05) is 188 Å². The first-order valence-electron chi connectivity index (χ1n) is 18.6. The van der Waals surface area contributed by atoms with Crippen LogP contribution in [0.2, 0.25) is 0 Å². The fraction of sp³-hybridized carbons (Fsp3) is 0. The first kappa shape index (κ1) is 32.9. The molecule has 0 spiro atoms. The number of aromatic nitrogens is 6. The Hall–Kier alpha value is -7.70. The Bertz CT molecular complexity index is 2880. The first-order valence-corrected chi connectivity index (χ1v) is 18.6. The van der Waals surface area contributed by atoms with Gasteiger partial charge in [-0.25, -0.2) is 29.9 Å². The van der Waals surface area contributed by atoms with Gasteiger partial charge in [0.1, 0.15) is 0 Å². The van der Waals surface area contributed by atoms with E-state index in [2.05, 4.69) is 66.7 Å². The second kappa shape index (κ2) is 14.3. The highest BCUT2D eigenvalue weighted by molar-refractivity contribution is 6.20. The lowest BCUT2D eigenvalue weighted by Crippen LogP contribution is -2.03. The van der Waals surface area contributed by atoms with Crippen molar-refractivity contribution in [3.63, 3.8) is 0 Å². The molecule has 0 unspecified atom stereocenters. The standard InChI is InChI=1S/C50H32N6/c1-6-18-33(19-7-1)38-30-31-41-42(32-38)44(50-55-47(36-24-12-4-13-25-36)52-48(56-50)37-26-14-5-15-27-37)40-29-17-16-28-39(40)43(41)49-53-45(34-20-8-2-9-21-34)51-46(54-49)35-22-10-3-11-23-35/h1-32H. The van der Waals surface area contributed by atoms with Crippen LogP contribution in [0.15, 0.2) is 194 Å². The Morgan fingerprint density at radius 2 is 0.482 bits per heavy atom. The summed E-state index contributed by atoms with van der Waals surface area (Å²) in [5, 5.41) is 3.92. The highest BCUT2D eigenvalue weighted by Crippen LogP contribution is 2.44. The highest BCUT2D eigenvalue weighted by Gasteiger charge is 2.23. The third kappa shape index (κ3) is 6.15. The molecule has 0 N–H and O–H groups in total. The van der Waals surface area contributed by atoms with Crippen LogP contribution >= 0.6 is 0 Å². The molecule has 56 heavy (non-hydrogen) atoms. The lowest BCUT2D eigenvalue weighted by Gasteiger charge is -2.18. The van der Waals surface area contributed by atoms with Gasteiger partial charge in [-0.05, 0) is 38.7 Å². The van der Waals surface area contributed by atoms with E-state index in [1.165, 1.54) is 0 Å². The Balaban J connectivity index is 1.32. The van der Waals surface area contributed by atoms with Crippen molar-refractivity contribution in [3.8, 4) is 79.5 Å². The molecule has 10 aromatic rings. The maximum Gasteiger partial charge on any atom is 0.165 e. The molecule has 0 radical (unpaired) electrons. The van der Waals surface area contributed by atoms with Gasteiger partial charge in [0.05, 0.1) is 0 Å². The van der Waals surface area contributed by atoms with Crippen molar-refractivity contribution in [2.45, 2.75) is 0 Å². The summed E-state index contributed by atoms with van der Waals surface area (Å²) in [6, 6.07) is 65.9. The molecule has 6 nitrogen and oxygen atoms in total. The number of nitrogens with zero attached hydrogens (tertiary/aromatic N) is 6. The molecule has 0 amide bonds. The fourth-order valence-electron chi connectivity index (χ4n) is 7.31. The summed E-state index contributed by atoms with van der Waals surface area (Å²) >= 11 is 0. The van der Waals surface area contributed by atoms with Crippen molar-refractivity contribution >= 4 is 21.5 Å². The molecule has 262 valence electrons. The van der Waals surface area contributed by atoms with E-state index >= 15 is 0 Å². The predicted molar refractivity (Wildman–Crippen MR) is 226 cm³/mol. The average Bonchev–Trinajstić information content (AvgIpc) is 3.29. The van der Waals surface area contributed by atoms with Crippen LogP contribution in [-0.2, 0) is 0 Å². The Morgan fingerprint density at radius 3 is 0.857 bits per heavy atom. The molecule has 0 atom stereocenters. The monoisotopic (exact) mass is 716 g/mol. The van der Waals surface area contributed by atoms with Crippen molar-refractivity contribution in [2.75, 3.05) is 0 Å². The zero-order chi connectivity index (χ0) is 37.3. The van der Waals surface area contributed by atoms with E-state index in [1.807, 2.05) is 127 Å². The minimum Gasteiger partial charge on any atom is -0.208 e. The zero-order valence-electron chi connectivity index (χ0n) is 30.2. The topological polar surface area (TPSA) is 77.3 Å². The molecule has 8 aromatic carbocycles. The van der Waals surface area contributed by atoms with E-state index in [4.69, 9.17) is 29.9 Å². The van der Waals surface area contributed by atoms with E-state index in [0.717, 1.165) is 66.1 Å². The molecule has 10 rings (SSSR count). The normalized spacial score (nSPS) is 11.2. The lowest BCUT2D eigenvalue weighted by atomic mass is 9.89. The lowest BCUT2D eigenvalue weighted by molar-refractivity contribution is 1.07. The maximum atomic E-state index is 5.25. The van der Waals surface area contributed by atoms with E-state index in [1.54, 1.807) is 0 Å². The summed E-state index contributed by atoms with van der Waals surface area (Å²) in [6.07, 6.45) is 0. The fourth-order valence-corrected chi connectivity index (χ4v) is 7.31. The van der Waals surface area contributed by atoms with E-state index in [-0.39, 0.29) is 0 Å². The molecule has 0 fully saturated rings. The molecule has 0 aliphatic rings. The minimum absolute atomic E-state index is 0.585. The quantitative estimate of drug-likeness (QED) is 0.153. The van der Waals surface area contributed by atoms with Crippen LogP contribution in [0.4, 0.5) is 0 Å². The second-order valence-electron chi connectivity index (χ2n) is 13.5. The molecule has 0 aliphatic heterocycles. The first-order chi connectivity index (χ1) is 27.8. The third-order valence-electron chi connectivity index (χ3n) is 9.98. The van der Waals surface area contributed by atoms with Gasteiger partial charge in [0, 0.05) is 33.4 Å². The smallest absolute Gasteiger partial charge is 0.165 e. The van der Waals surface area contributed by atoms with Gasteiger partial charge in [-0.2, -0.15) is 0 Å².